The lowest BCUT2D eigenvalue weighted by Gasteiger charge is -2.11. The van der Waals surface area contributed by atoms with Gasteiger partial charge in [-0.3, -0.25) is 5.10 Å². The lowest BCUT2D eigenvalue weighted by atomic mass is 10.1. The molecule has 0 atom stereocenters. The lowest BCUT2D eigenvalue weighted by molar-refractivity contribution is 0.0600. The van der Waals surface area contributed by atoms with Crippen molar-refractivity contribution in [3.05, 3.63) is 47.3 Å². The maximum Gasteiger partial charge on any atom is 0.338 e. The van der Waals surface area contributed by atoms with Crippen LogP contribution in [0.5, 0.6) is 0 Å². The Hall–Kier alpha value is -2.30. The van der Waals surface area contributed by atoms with E-state index in [4.69, 9.17) is 4.74 Å². The van der Waals surface area contributed by atoms with Crippen LogP contribution in [0.4, 0.5) is 5.69 Å². The smallest absolute Gasteiger partial charge is 0.338 e. The van der Waals surface area contributed by atoms with Crippen LogP contribution in [0.25, 0.3) is 0 Å². The maximum absolute atomic E-state index is 11.6. The molecule has 2 rings (SSSR count). The summed E-state index contributed by atoms with van der Waals surface area (Å²) in [6.45, 7) is 2.52. The van der Waals surface area contributed by atoms with E-state index >= 15 is 0 Å². The Balaban J connectivity index is 2.16. The summed E-state index contributed by atoms with van der Waals surface area (Å²) in [5.41, 5.74) is 3.35. The highest BCUT2D eigenvalue weighted by molar-refractivity contribution is 5.92. The molecule has 1 aromatic carbocycles. The molecule has 0 unspecified atom stereocenters. The molecular weight excluding hydrogens is 230 g/mol. The van der Waals surface area contributed by atoms with E-state index in [1.807, 2.05) is 25.1 Å². The highest BCUT2D eigenvalue weighted by atomic mass is 16.5. The molecule has 2 N–H and O–H groups in total. The van der Waals surface area contributed by atoms with Crippen molar-refractivity contribution >= 4 is 11.7 Å². The maximum atomic E-state index is 11.6. The summed E-state index contributed by atoms with van der Waals surface area (Å²) < 4.78 is 4.74. The first-order valence-corrected chi connectivity index (χ1v) is 5.62. The molecule has 0 amide bonds. The van der Waals surface area contributed by atoms with Crippen LogP contribution in [-0.4, -0.2) is 23.3 Å². The number of anilines is 1. The van der Waals surface area contributed by atoms with Gasteiger partial charge in [-0.2, -0.15) is 5.10 Å². The Labute approximate surface area is 105 Å². The number of carbonyl (C=O) groups excluding carboxylic acids is 1. The Kier molecular flexibility index (Phi) is 3.62. The van der Waals surface area contributed by atoms with Gasteiger partial charge in [0, 0.05) is 11.9 Å². The normalized spacial score (nSPS) is 10.1. The Bertz CT molecular complexity index is 535. The van der Waals surface area contributed by atoms with Gasteiger partial charge in [-0.15, -0.1) is 0 Å². The summed E-state index contributed by atoms with van der Waals surface area (Å²) in [4.78, 5) is 11.6. The third kappa shape index (κ3) is 2.51. The molecule has 0 bridgehead atoms. The molecule has 1 aromatic heterocycles. The van der Waals surface area contributed by atoms with Gasteiger partial charge in [-0.05, 0) is 30.7 Å². The van der Waals surface area contributed by atoms with Gasteiger partial charge in [0.25, 0.3) is 0 Å². The monoisotopic (exact) mass is 245 g/mol. The van der Waals surface area contributed by atoms with E-state index in [1.54, 1.807) is 12.3 Å². The minimum atomic E-state index is -0.322. The van der Waals surface area contributed by atoms with Gasteiger partial charge in [0.1, 0.15) is 0 Å². The molecule has 0 aliphatic heterocycles. The molecule has 0 radical (unpaired) electrons. The van der Waals surface area contributed by atoms with Crippen molar-refractivity contribution in [3.8, 4) is 0 Å². The van der Waals surface area contributed by atoms with Crippen molar-refractivity contribution in [3.63, 3.8) is 0 Å². The van der Waals surface area contributed by atoms with E-state index in [0.29, 0.717) is 12.1 Å². The number of esters is 1. The number of nitrogens with zero attached hydrogens (tertiary/aromatic N) is 1. The predicted molar refractivity (Wildman–Crippen MR) is 68.4 cm³/mol. The van der Waals surface area contributed by atoms with Gasteiger partial charge in [0.15, 0.2) is 0 Å². The van der Waals surface area contributed by atoms with Crippen LogP contribution in [0.1, 0.15) is 21.6 Å². The van der Waals surface area contributed by atoms with Crippen LogP contribution < -0.4 is 5.32 Å². The van der Waals surface area contributed by atoms with Crippen LogP contribution in [0.15, 0.2) is 30.5 Å². The van der Waals surface area contributed by atoms with Gasteiger partial charge in [0.2, 0.25) is 0 Å². The van der Waals surface area contributed by atoms with Gasteiger partial charge < -0.3 is 10.1 Å². The summed E-state index contributed by atoms with van der Waals surface area (Å²) in [6, 6.07) is 7.40. The quantitative estimate of drug-likeness (QED) is 0.810. The van der Waals surface area contributed by atoms with Crippen LogP contribution in [-0.2, 0) is 11.3 Å². The van der Waals surface area contributed by atoms with Crippen molar-refractivity contribution in [2.24, 2.45) is 0 Å². The first-order chi connectivity index (χ1) is 8.72. The molecule has 0 fully saturated rings. The predicted octanol–water partition coefficient (Wildman–Crippen LogP) is 2.12. The first-order valence-electron chi connectivity index (χ1n) is 5.62. The van der Waals surface area contributed by atoms with Gasteiger partial charge in [-0.1, -0.05) is 6.07 Å². The summed E-state index contributed by atoms with van der Waals surface area (Å²) in [7, 11) is 1.38. The van der Waals surface area contributed by atoms with E-state index < -0.39 is 0 Å². The van der Waals surface area contributed by atoms with Crippen molar-refractivity contribution in [1.82, 2.24) is 10.2 Å². The van der Waals surface area contributed by atoms with E-state index in [0.717, 1.165) is 16.9 Å². The number of rotatable bonds is 4. The molecule has 0 aliphatic rings. The standard InChI is InChI=1S/C13H15N3O2/c1-9-11(13(17)18-2)4-3-5-12(9)14-8-10-6-7-15-16-10/h3-7,14H,8H2,1-2H3,(H,15,16). The first kappa shape index (κ1) is 12.2. The zero-order valence-corrected chi connectivity index (χ0v) is 10.4. The number of H-pyrrole nitrogens is 1. The topological polar surface area (TPSA) is 67.0 Å². The van der Waals surface area contributed by atoms with E-state index in [9.17, 15) is 4.79 Å². The number of benzene rings is 1. The zero-order valence-electron chi connectivity index (χ0n) is 10.4. The Morgan fingerprint density at radius 3 is 2.94 bits per heavy atom. The fourth-order valence-corrected chi connectivity index (χ4v) is 1.73. The average molecular weight is 245 g/mol. The SMILES string of the molecule is COC(=O)c1cccc(NCc2ccn[nH]2)c1C. The fraction of sp³-hybridized carbons (Fsp3) is 0.231. The fourth-order valence-electron chi connectivity index (χ4n) is 1.73. The number of aromatic nitrogens is 2. The Morgan fingerprint density at radius 2 is 2.28 bits per heavy atom. The molecular formula is C13H15N3O2. The average Bonchev–Trinajstić information content (AvgIpc) is 2.90. The van der Waals surface area contributed by atoms with Gasteiger partial charge in [0.05, 0.1) is 24.9 Å². The number of aromatic amines is 1. The van der Waals surface area contributed by atoms with Crippen LogP contribution >= 0.6 is 0 Å². The van der Waals surface area contributed by atoms with Gasteiger partial charge in [-0.25, -0.2) is 4.79 Å². The van der Waals surface area contributed by atoms with Gasteiger partial charge >= 0.3 is 5.97 Å². The minimum Gasteiger partial charge on any atom is -0.465 e. The lowest BCUT2D eigenvalue weighted by Crippen LogP contribution is -2.07. The molecule has 1 heterocycles. The molecule has 5 heteroatoms. The third-order valence-corrected chi connectivity index (χ3v) is 2.77. The second-order valence-electron chi connectivity index (χ2n) is 3.91. The summed E-state index contributed by atoms with van der Waals surface area (Å²) in [5, 5.41) is 10.0. The second-order valence-corrected chi connectivity index (χ2v) is 3.91. The number of hydrogen-bond acceptors (Lipinski definition) is 4. The van der Waals surface area contributed by atoms with Crippen molar-refractivity contribution in [1.29, 1.82) is 0 Å². The largest absolute Gasteiger partial charge is 0.465 e. The molecule has 5 nitrogen and oxygen atoms in total. The third-order valence-electron chi connectivity index (χ3n) is 2.77. The number of carbonyl (C=O) groups is 1. The minimum absolute atomic E-state index is 0.322. The molecule has 0 spiro atoms. The van der Waals surface area contributed by atoms with Crippen molar-refractivity contribution < 1.29 is 9.53 Å². The van der Waals surface area contributed by atoms with E-state index in [1.165, 1.54) is 7.11 Å². The summed E-state index contributed by atoms with van der Waals surface area (Å²) in [5.74, 6) is -0.322. The van der Waals surface area contributed by atoms with Crippen LogP contribution in [0.2, 0.25) is 0 Å². The second kappa shape index (κ2) is 5.35. The number of nitrogens with one attached hydrogen (secondary N) is 2. The summed E-state index contributed by atoms with van der Waals surface area (Å²) in [6.07, 6.45) is 1.70. The molecule has 2 aromatic rings. The van der Waals surface area contributed by atoms with Crippen LogP contribution in [0.3, 0.4) is 0 Å². The highest BCUT2D eigenvalue weighted by Gasteiger charge is 2.11. The van der Waals surface area contributed by atoms with E-state index in [-0.39, 0.29) is 5.97 Å². The molecule has 0 aliphatic carbocycles. The number of hydrogen-bond donors (Lipinski definition) is 2. The molecule has 0 saturated heterocycles. The molecule has 94 valence electrons. The number of ether oxygens (including phenoxy) is 1. The van der Waals surface area contributed by atoms with Crippen LogP contribution in [0, 0.1) is 6.92 Å². The number of methoxy groups -OCH3 is 1. The van der Waals surface area contributed by atoms with Crippen molar-refractivity contribution in [2.75, 3.05) is 12.4 Å². The summed E-state index contributed by atoms with van der Waals surface area (Å²) >= 11 is 0. The van der Waals surface area contributed by atoms with Crippen molar-refractivity contribution in [2.45, 2.75) is 13.5 Å². The molecule has 0 saturated carbocycles. The Morgan fingerprint density at radius 1 is 1.44 bits per heavy atom. The zero-order chi connectivity index (χ0) is 13.0. The highest BCUT2D eigenvalue weighted by Crippen LogP contribution is 2.20. The van der Waals surface area contributed by atoms with E-state index in [2.05, 4.69) is 15.5 Å². The molecule has 18 heavy (non-hydrogen) atoms.